The van der Waals surface area contributed by atoms with Gasteiger partial charge in [0.2, 0.25) is 5.91 Å². The van der Waals surface area contributed by atoms with Gasteiger partial charge in [-0.2, -0.15) is 11.3 Å². The predicted octanol–water partition coefficient (Wildman–Crippen LogP) is 1.24. The molecular formula is C14H18N2O4S2. The Bertz CT molecular complexity index is 533. The zero-order valence-electron chi connectivity index (χ0n) is 12.1. The molecule has 1 aliphatic rings. The third-order valence-corrected chi connectivity index (χ3v) is 4.94. The minimum absolute atomic E-state index is 0.0100. The Balaban J connectivity index is 1.83. The number of amides is 2. The van der Waals surface area contributed by atoms with Crippen molar-refractivity contribution in [2.45, 2.75) is 6.42 Å². The Morgan fingerprint density at radius 1 is 1.14 bits per heavy atom. The lowest BCUT2D eigenvalue weighted by atomic mass is 10.3. The second-order valence-corrected chi connectivity index (χ2v) is 6.69. The average molecular weight is 342 g/mol. The molecule has 0 aromatic carbocycles. The summed E-state index contributed by atoms with van der Waals surface area (Å²) in [4.78, 5) is 38.3. The second kappa shape index (κ2) is 8.19. The summed E-state index contributed by atoms with van der Waals surface area (Å²) < 4.78 is 0. The molecule has 0 atom stereocenters. The normalized spacial score (nSPS) is 15.5. The van der Waals surface area contributed by atoms with E-state index in [0.717, 1.165) is 18.2 Å². The Labute approximate surface area is 137 Å². The molecule has 2 amide bonds. The van der Waals surface area contributed by atoms with Crippen LogP contribution in [-0.4, -0.2) is 70.4 Å². The van der Waals surface area contributed by atoms with E-state index in [9.17, 15) is 14.4 Å². The number of hydrogen-bond acceptors (Lipinski definition) is 5. The van der Waals surface area contributed by atoms with Gasteiger partial charge >= 0.3 is 5.97 Å². The summed E-state index contributed by atoms with van der Waals surface area (Å²) in [6.45, 7) is 2.27. The van der Waals surface area contributed by atoms with Crippen LogP contribution in [0.25, 0.3) is 0 Å². The number of rotatable bonds is 5. The molecule has 1 N–H and O–H groups in total. The van der Waals surface area contributed by atoms with Gasteiger partial charge in [-0.1, -0.05) is 0 Å². The maximum Gasteiger partial charge on any atom is 0.313 e. The molecule has 0 bridgehead atoms. The molecule has 0 radical (unpaired) electrons. The van der Waals surface area contributed by atoms with Crippen LogP contribution < -0.4 is 0 Å². The quantitative estimate of drug-likeness (QED) is 0.871. The lowest BCUT2D eigenvalue weighted by Crippen LogP contribution is -2.38. The molecule has 0 spiro atoms. The highest BCUT2D eigenvalue weighted by molar-refractivity contribution is 8.00. The van der Waals surface area contributed by atoms with E-state index in [4.69, 9.17) is 5.11 Å². The number of carbonyl (C=O) groups excluding carboxylic acids is 2. The number of thiophene rings is 1. The highest BCUT2D eigenvalue weighted by Crippen LogP contribution is 2.13. The minimum Gasteiger partial charge on any atom is -0.481 e. The number of thioether (sulfide) groups is 1. The third-order valence-electron chi connectivity index (χ3n) is 3.36. The average Bonchev–Trinajstić information content (AvgIpc) is 2.90. The van der Waals surface area contributed by atoms with Crippen LogP contribution in [0.15, 0.2) is 16.8 Å². The van der Waals surface area contributed by atoms with E-state index in [1.165, 1.54) is 11.3 Å². The molecule has 22 heavy (non-hydrogen) atoms. The van der Waals surface area contributed by atoms with Crippen molar-refractivity contribution in [2.75, 3.05) is 37.7 Å². The molecule has 1 aromatic rings. The van der Waals surface area contributed by atoms with E-state index in [-0.39, 0.29) is 23.3 Å². The number of carboxylic acids is 1. The number of hydrogen-bond donors (Lipinski definition) is 1. The maximum absolute atomic E-state index is 12.3. The van der Waals surface area contributed by atoms with Gasteiger partial charge in [0.05, 0.1) is 17.1 Å². The van der Waals surface area contributed by atoms with Crippen molar-refractivity contribution < 1.29 is 19.5 Å². The monoisotopic (exact) mass is 342 g/mol. The van der Waals surface area contributed by atoms with Crippen molar-refractivity contribution in [3.63, 3.8) is 0 Å². The van der Waals surface area contributed by atoms with E-state index in [1.54, 1.807) is 9.80 Å². The van der Waals surface area contributed by atoms with Crippen LogP contribution in [-0.2, 0) is 9.59 Å². The van der Waals surface area contributed by atoms with Crippen LogP contribution in [0.3, 0.4) is 0 Å². The lowest BCUT2D eigenvalue weighted by Gasteiger charge is -2.21. The number of carbonyl (C=O) groups is 3. The highest BCUT2D eigenvalue weighted by Gasteiger charge is 2.22. The topological polar surface area (TPSA) is 77.9 Å². The van der Waals surface area contributed by atoms with Crippen LogP contribution >= 0.6 is 23.1 Å². The Kier molecular flexibility index (Phi) is 6.26. The van der Waals surface area contributed by atoms with Gasteiger partial charge in [-0.3, -0.25) is 14.4 Å². The molecule has 0 unspecified atom stereocenters. The first-order valence-corrected chi connectivity index (χ1v) is 9.06. The van der Waals surface area contributed by atoms with Crippen molar-refractivity contribution in [1.29, 1.82) is 0 Å². The van der Waals surface area contributed by atoms with Gasteiger partial charge in [-0.15, -0.1) is 11.8 Å². The number of nitrogens with zero attached hydrogens (tertiary/aromatic N) is 2. The van der Waals surface area contributed by atoms with Gasteiger partial charge in [0.25, 0.3) is 5.91 Å². The number of aliphatic carboxylic acids is 1. The zero-order chi connectivity index (χ0) is 15.9. The van der Waals surface area contributed by atoms with E-state index in [0.29, 0.717) is 31.7 Å². The van der Waals surface area contributed by atoms with Crippen LogP contribution in [0.5, 0.6) is 0 Å². The van der Waals surface area contributed by atoms with Crippen molar-refractivity contribution >= 4 is 40.9 Å². The Morgan fingerprint density at radius 2 is 1.86 bits per heavy atom. The van der Waals surface area contributed by atoms with Crippen LogP contribution in [0, 0.1) is 0 Å². The standard InChI is InChI=1S/C14H18N2O4S2/c17-12(9-22-10-13(18)19)15-3-1-4-16(6-5-15)14(20)11-2-7-21-8-11/h2,7-8H,1,3-6,9-10H2,(H,18,19). The van der Waals surface area contributed by atoms with Gasteiger partial charge in [0, 0.05) is 31.6 Å². The van der Waals surface area contributed by atoms with Gasteiger partial charge in [0.1, 0.15) is 0 Å². The largest absolute Gasteiger partial charge is 0.481 e. The van der Waals surface area contributed by atoms with Gasteiger partial charge in [-0.05, 0) is 17.9 Å². The molecule has 6 nitrogen and oxygen atoms in total. The zero-order valence-corrected chi connectivity index (χ0v) is 13.7. The Hall–Kier alpha value is -1.54. The lowest BCUT2D eigenvalue weighted by molar-refractivity contribution is -0.133. The number of carboxylic acid groups (broad SMARTS) is 1. The fourth-order valence-electron chi connectivity index (χ4n) is 2.26. The summed E-state index contributed by atoms with van der Waals surface area (Å²) in [7, 11) is 0. The van der Waals surface area contributed by atoms with E-state index < -0.39 is 5.97 Å². The second-order valence-electron chi connectivity index (χ2n) is 4.93. The molecule has 1 fully saturated rings. The van der Waals surface area contributed by atoms with E-state index in [2.05, 4.69) is 0 Å². The summed E-state index contributed by atoms with van der Waals surface area (Å²) in [6.07, 6.45) is 0.741. The SMILES string of the molecule is O=C(O)CSCC(=O)N1CCCN(C(=O)c2ccsc2)CC1. The van der Waals surface area contributed by atoms with Crippen LogP contribution in [0.4, 0.5) is 0 Å². The molecule has 120 valence electrons. The third kappa shape index (κ3) is 4.74. The molecule has 1 saturated heterocycles. The molecule has 2 heterocycles. The molecular weight excluding hydrogens is 324 g/mol. The summed E-state index contributed by atoms with van der Waals surface area (Å²) in [5.74, 6) is -0.860. The van der Waals surface area contributed by atoms with E-state index in [1.807, 2.05) is 16.8 Å². The van der Waals surface area contributed by atoms with Gasteiger partial charge < -0.3 is 14.9 Å². The summed E-state index contributed by atoms with van der Waals surface area (Å²) in [6, 6.07) is 1.81. The first-order valence-electron chi connectivity index (χ1n) is 6.96. The van der Waals surface area contributed by atoms with Crippen molar-refractivity contribution in [3.05, 3.63) is 22.4 Å². The highest BCUT2D eigenvalue weighted by atomic mass is 32.2. The summed E-state index contributed by atoms with van der Waals surface area (Å²) >= 11 is 2.60. The molecule has 1 aromatic heterocycles. The molecule has 8 heteroatoms. The predicted molar refractivity (Wildman–Crippen MR) is 86.4 cm³/mol. The first-order chi connectivity index (χ1) is 10.6. The van der Waals surface area contributed by atoms with Crippen LogP contribution in [0.2, 0.25) is 0 Å². The summed E-state index contributed by atoms with van der Waals surface area (Å²) in [5, 5.41) is 12.3. The van der Waals surface area contributed by atoms with Crippen molar-refractivity contribution in [1.82, 2.24) is 9.80 Å². The fraction of sp³-hybridized carbons (Fsp3) is 0.500. The van der Waals surface area contributed by atoms with Gasteiger partial charge in [-0.25, -0.2) is 0 Å². The smallest absolute Gasteiger partial charge is 0.313 e. The van der Waals surface area contributed by atoms with E-state index >= 15 is 0 Å². The summed E-state index contributed by atoms with van der Waals surface area (Å²) in [5.41, 5.74) is 0.696. The molecule has 2 rings (SSSR count). The Morgan fingerprint density at radius 3 is 2.55 bits per heavy atom. The maximum atomic E-state index is 12.3. The van der Waals surface area contributed by atoms with Gasteiger partial charge in [0.15, 0.2) is 0 Å². The first kappa shape index (κ1) is 16.8. The van der Waals surface area contributed by atoms with Crippen molar-refractivity contribution in [2.24, 2.45) is 0 Å². The molecule has 0 aliphatic carbocycles. The fourth-order valence-corrected chi connectivity index (χ4v) is 3.52. The molecule has 0 saturated carbocycles. The van der Waals surface area contributed by atoms with Crippen molar-refractivity contribution in [3.8, 4) is 0 Å². The van der Waals surface area contributed by atoms with Crippen LogP contribution in [0.1, 0.15) is 16.8 Å². The molecule has 1 aliphatic heterocycles. The minimum atomic E-state index is -0.916.